The summed E-state index contributed by atoms with van der Waals surface area (Å²) in [6.45, 7) is 2.44. The maximum Gasteiger partial charge on any atom is 0.245 e. The zero-order valence-electron chi connectivity index (χ0n) is 9.50. The zero-order chi connectivity index (χ0) is 13.2. The number of hydrogen-bond donors (Lipinski definition) is 1. The maximum absolute atomic E-state index is 11.9. The number of nitrogens with one attached hydrogen (secondary N) is 1. The maximum atomic E-state index is 11.9. The molecule has 2 unspecified atom stereocenters. The van der Waals surface area contributed by atoms with E-state index < -0.39 is 39.7 Å². The Morgan fingerprint density at radius 2 is 2.18 bits per heavy atom. The number of hydrogen-bond acceptors (Lipinski definition) is 5. The molecule has 0 bridgehead atoms. The van der Waals surface area contributed by atoms with Gasteiger partial charge in [0.25, 0.3) is 0 Å². The van der Waals surface area contributed by atoms with E-state index in [1.54, 1.807) is 13.0 Å². The molecule has 1 aliphatic heterocycles. The Morgan fingerprint density at radius 1 is 1.59 bits per heavy atom. The minimum atomic E-state index is -3.95. The minimum absolute atomic E-state index is 0.247. The van der Waals surface area contributed by atoms with E-state index in [9.17, 15) is 18.0 Å². The molecule has 0 aromatic heterocycles. The van der Waals surface area contributed by atoms with E-state index in [2.05, 4.69) is 5.32 Å². The lowest BCUT2D eigenvalue weighted by Gasteiger charge is -2.32. The van der Waals surface area contributed by atoms with Crippen molar-refractivity contribution in [3.05, 3.63) is 0 Å². The molecule has 8 heteroatoms. The van der Waals surface area contributed by atoms with Crippen LogP contribution in [0.1, 0.15) is 20.3 Å². The molecule has 94 valence electrons. The van der Waals surface area contributed by atoms with E-state index in [0.717, 1.165) is 4.31 Å². The van der Waals surface area contributed by atoms with Crippen LogP contribution < -0.4 is 5.32 Å². The summed E-state index contributed by atoms with van der Waals surface area (Å²) in [7, 11) is -3.95. The largest absolute Gasteiger partial charge is 0.294 e. The number of nitriles is 1. The summed E-state index contributed by atoms with van der Waals surface area (Å²) in [5.41, 5.74) is 0. The Balaban J connectivity index is 3.14. The van der Waals surface area contributed by atoms with Gasteiger partial charge >= 0.3 is 0 Å². The molecule has 0 spiro atoms. The molecule has 2 atom stereocenters. The van der Waals surface area contributed by atoms with Gasteiger partial charge in [0.1, 0.15) is 6.04 Å². The second-order valence-corrected chi connectivity index (χ2v) is 5.90. The van der Waals surface area contributed by atoms with Crippen LogP contribution in [-0.4, -0.2) is 42.4 Å². The molecular weight excluding hydrogens is 246 g/mol. The van der Waals surface area contributed by atoms with Crippen LogP contribution >= 0.6 is 0 Å². The Labute approximate surface area is 99.4 Å². The molecule has 1 aliphatic rings. The van der Waals surface area contributed by atoms with Crippen LogP contribution in [0.5, 0.6) is 0 Å². The molecule has 7 nitrogen and oxygen atoms in total. The Bertz CT molecular complexity index is 479. The van der Waals surface area contributed by atoms with Crippen LogP contribution in [0.3, 0.4) is 0 Å². The number of imide groups is 1. The van der Waals surface area contributed by atoms with Crippen molar-refractivity contribution in [3.63, 3.8) is 0 Å². The van der Waals surface area contributed by atoms with E-state index in [-0.39, 0.29) is 6.42 Å². The summed E-state index contributed by atoms with van der Waals surface area (Å²) in [5.74, 6) is -1.31. The van der Waals surface area contributed by atoms with Crippen molar-refractivity contribution in [2.45, 2.75) is 31.6 Å². The van der Waals surface area contributed by atoms with Crippen LogP contribution in [0.15, 0.2) is 0 Å². The highest BCUT2D eigenvalue weighted by atomic mass is 32.2. The number of carbonyl (C=O) groups excluding carboxylic acids is 2. The van der Waals surface area contributed by atoms with Crippen molar-refractivity contribution in [3.8, 4) is 6.07 Å². The molecule has 0 aromatic carbocycles. The van der Waals surface area contributed by atoms with E-state index >= 15 is 0 Å². The quantitative estimate of drug-likeness (QED) is 0.652. The highest BCUT2D eigenvalue weighted by molar-refractivity contribution is 7.90. The zero-order valence-corrected chi connectivity index (χ0v) is 10.3. The number of sulfonamides is 1. The second-order valence-electron chi connectivity index (χ2n) is 3.70. The van der Waals surface area contributed by atoms with Gasteiger partial charge in [0, 0.05) is 0 Å². The van der Waals surface area contributed by atoms with Crippen LogP contribution in [0.25, 0.3) is 0 Å². The fourth-order valence-electron chi connectivity index (χ4n) is 1.57. The van der Waals surface area contributed by atoms with Crippen molar-refractivity contribution in [1.82, 2.24) is 9.62 Å². The summed E-state index contributed by atoms with van der Waals surface area (Å²) in [5, 5.41) is 9.44. The summed E-state index contributed by atoms with van der Waals surface area (Å²) < 4.78 is 24.7. The first-order valence-electron chi connectivity index (χ1n) is 5.08. The predicted molar refractivity (Wildman–Crippen MR) is 57.9 cm³/mol. The summed E-state index contributed by atoms with van der Waals surface area (Å²) in [6, 6.07) is 0.681. The predicted octanol–water partition coefficient (Wildman–Crippen LogP) is -1.03. The number of piperazine rings is 1. The highest BCUT2D eigenvalue weighted by Crippen LogP contribution is 2.17. The van der Waals surface area contributed by atoms with Crippen molar-refractivity contribution in [2.75, 3.05) is 6.54 Å². The van der Waals surface area contributed by atoms with Gasteiger partial charge in [-0.1, -0.05) is 6.92 Å². The monoisotopic (exact) mass is 259 g/mol. The molecule has 1 heterocycles. The van der Waals surface area contributed by atoms with Crippen molar-refractivity contribution < 1.29 is 18.0 Å². The summed E-state index contributed by atoms with van der Waals surface area (Å²) in [6.07, 6.45) is 0.247. The first-order chi connectivity index (χ1) is 7.84. The molecular formula is C9H13N3O4S. The number of rotatable bonds is 3. The molecule has 0 aromatic rings. The van der Waals surface area contributed by atoms with Gasteiger partial charge in [-0.25, -0.2) is 8.42 Å². The first-order valence-corrected chi connectivity index (χ1v) is 6.58. The molecule has 1 rings (SSSR count). The lowest BCUT2D eigenvalue weighted by molar-refractivity contribution is -0.137. The molecule has 0 radical (unpaired) electrons. The van der Waals surface area contributed by atoms with Crippen LogP contribution in [0.2, 0.25) is 0 Å². The summed E-state index contributed by atoms with van der Waals surface area (Å²) >= 11 is 0. The third-order valence-electron chi connectivity index (χ3n) is 2.55. The second kappa shape index (κ2) is 4.81. The highest BCUT2D eigenvalue weighted by Gasteiger charge is 2.42. The van der Waals surface area contributed by atoms with Gasteiger partial charge in [-0.05, 0) is 13.3 Å². The topological polar surface area (TPSA) is 107 Å². The Hall–Kier alpha value is -1.46. The number of amides is 2. The van der Waals surface area contributed by atoms with Gasteiger partial charge < -0.3 is 0 Å². The van der Waals surface area contributed by atoms with Crippen LogP contribution in [0, 0.1) is 11.3 Å². The lowest BCUT2D eigenvalue weighted by atomic mass is 10.2. The molecule has 1 saturated heterocycles. The smallest absolute Gasteiger partial charge is 0.245 e. The normalized spacial score (nSPS) is 23.9. The van der Waals surface area contributed by atoms with E-state index in [1.165, 1.54) is 6.92 Å². The Morgan fingerprint density at radius 3 is 2.65 bits per heavy atom. The minimum Gasteiger partial charge on any atom is -0.294 e. The average Bonchev–Trinajstić information content (AvgIpc) is 2.26. The number of carbonyl (C=O) groups is 2. The fraction of sp³-hybridized carbons (Fsp3) is 0.667. The van der Waals surface area contributed by atoms with Gasteiger partial charge in [0.15, 0.2) is 5.25 Å². The SMILES string of the molecule is CCC1C(=O)NC(=O)CN1S(=O)(=O)C(C)C#N. The lowest BCUT2D eigenvalue weighted by Crippen LogP contribution is -2.60. The van der Waals surface area contributed by atoms with Crippen LogP contribution in [0.4, 0.5) is 0 Å². The first kappa shape index (κ1) is 13.6. The molecule has 0 saturated carbocycles. The van der Waals surface area contributed by atoms with E-state index in [1.807, 2.05) is 0 Å². The molecule has 17 heavy (non-hydrogen) atoms. The van der Waals surface area contributed by atoms with Gasteiger partial charge in [0.2, 0.25) is 21.8 Å². The van der Waals surface area contributed by atoms with E-state index in [4.69, 9.17) is 5.26 Å². The third kappa shape index (κ3) is 2.45. The fourth-order valence-corrected chi connectivity index (χ4v) is 3.00. The standard InChI is InChI=1S/C9H13N3O4S/c1-3-7-9(14)11-8(13)5-12(7)17(15,16)6(2)4-10/h6-7H,3,5H2,1-2H3,(H,11,13,14). The van der Waals surface area contributed by atoms with Crippen LogP contribution in [-0.2, 0) is 19.6 Å². The molecule has 1 N–H and O–H groups in total. The van der Waals surface area contributed by atoms with Gasteiger partial charge in [-0.3, -0.25) is 14.9 Å². The molecule has 0 aliphatic carbocycles. The van der Waals surface area contributed by atoms with Crippen molar-refractivity contribution >= 4 is 21.8 Å². The molecule has 2 amide bonds. The van der Waals surface area contributed by atoms with Gasteiger partial charge in [0.05, 0.1) is 12.6 Å². The van der Waals surface area contributed by atoms with E-state index in [0.29, 0.717) is 0 Å². The summed E-state index contributed by atoms with van der Waals surface area (Å²) in [4.78, 5) is 22.7. The van der Waals surface area contributed by atoms with Crippen molar-refractivity contribution in [2.24, 2.45) is 0 Å². The third-order valence-corrected chi connectivity index (χ3v) is 4.59. The average molecular weight is 259 g/mol. The number of nitrogens with zero attached hydrogens (tertiary/aromatic N) is 2. The Kier molecular flexibility index (Phi) is 3.85. The van der Waals surface area contributed by atoms with Gasteiger partial charge in [-0.15, -0.1) is 0 Å². The van der Waals surface area contributed by atoms with Gasteiger partial charge in [-0.2, -0.15) is 9.57 Å². The molecule has 1 fully saturated rings. The van der Waals surface area contributed by atoms with Crippen molar-refractivity contribution in [1.29, 1.82) is 5.26 Å².